The van der Waals surface area contributed by atoms with Gasteiger partial charge in [0.2, 0.25) is 0 Å². The van der Waals surface area contributed by atoms with E-state index in [2.05, 4.69) is 44.5 Å². The predicted molar refractivity (Wildman–Crippen MR) is 135 cm³/mol. The maximum atomic E-state index is 13.8. The number of para-hydroxylation sites is 1. The number of nitrogens with one attached hydrogen (secondary N) is 1. The van der Waals surface area contributed by atoms with E-state index in [1.165, 1.54) is 0 Å². The molecular formula is C28H22F3N5. The molecule has 0 spiro atoms. The summed E-state index contributed by atoms with van der Waals surface area (Å²) in [7, 11) is 0. The summed E-state index contributed by atoms with van der Waals surface area (Å²) in [6.45, 7) is 0.473. The van der Waals surface area contributed by atoms with Crippen LogP contribution in [0.1, 0.15) is 22.6 Å². The van der Waals surface area contributed by atoms with Crippen molar-refractivity contribution < 1.29 is 13.2 Å². The molecule has 0 saturated carbocycles. The second-order valence-electron chi connectivity index (χ2n) is 8.32. The van der Waals surface area contributed by atoms with Crippen LogP contribution in [0, 0.1) is 0 Å². The second-order valence-corrected chi connectivity index (χ2v) is 8.32. The van der Waals surface area contributed by atoms with Crippen molar-refractivity contribution in [1.82, 2.24) is 15.0 Å². The average Bonchev–Trinajstić information content (AvgIpc) is 2.89. The fourth-order valence-corrected chi connectivity index (χ4v) is 4.21. The molecule has 8 heteroatoms. The first-order valence-electron chi connectivity index (χ1n) is 11.3. The Kier molecular flexibility index (Phi) is 6.25. The Labute approximate surface area is 205 Å². The van der Waals surface area contributed by atoms with Crippen LogP contribution in [0.3, 0.4) is 0 Å². The SMILES string of the molecule is Nc1cc(C(F)(F)F)c(-c2nc(NCC(c3ccccc3)c3ccccc3)c3ccccc3n2)cn1. The van der Waals surface area contributed by atoms with Crippen LogP contribution in [0.4, 0.5) is 24.8 Å². The molecule has 0 radical (unpaired) electrons. The standard InChI is InChI=1S/C28H22F3N5/c29-28(30,31)23-15-25(32)33-17-22(23)27-35-24-14-8-7-13-20(24)26(36-27)34-16-21(18-9-3-1-4-10-18)19-11-5-2-6-12-19/h1-15,17,21H,16H2,(H2,32,33)(H,34,35,36). The maximum absolute atomic E-state index is 13.8. The van der Waals surface area contributed by atoms with Gasteiger partial charge in [0.15, 0.2) is 5.82 Å². The summed E-state index contributed by atoms with van der Waals surface area (Å²) in [5, 5.41) is 4.09. The zero-order chi connectivity index (χ0) is 25.1. The lowest BCUT2D eigenvalue weighted by molar-refractivity contribution is -0.137. The first kappa shape index (κ1) is 23.3. The van der Waals surface area contributed by atoms with E-state index in [1.54, 1.807) is 12.1 Å². The van der Waals surface area contributed by atoms with Crippen LogP contribution in [0.5, 0.6) is 0 Å². The molecule has 0 aliphatic rings. The molecule has 0 amide bonds. The van der Waals surface area contributed by atoms with E-state index in [-0.39, 0.29) is 23.1 Å². The number of rotatable bonds is 6. The van der Waals surface area contributed by atoms with E-state index in [0.717, 1.165) is 23.4 Å². The summed E-state index contributed by atoms with van der Waals surface area (Å²) in [5.41, 5.74) is 7.13. The van der Waals surface area contributed by atoms with Crippen molar-refractivity contribution in [2.75, 3.05) is 17.6 Å². The summed E-state index contributed by atoms with van der Waals surface area (Å²) < 4.78 is 41.4. The number of benzene rings is 3. The quantitative estimate of drug-likeness (QED) is 0.286. The highest BCUT2D eigenvalue weighted by atomic mass is 19.4. The zero-order valence-electron chi connectivity index (χ0n) is 19.1. The van der Waals surface area contributed by atoms with Crippen molar-refractivity contribution in [2.45, 2.75) is 12.1 Å². The van der Waals surface area contributed by atoms with Crippen LogP contribution in [0.2, 0.25) is 0 Å². The summed E-state index contributed by atoms with van der Waals surface area (Å²) in [4.78, 5) is 12.8. The second kappa shape index (κ2) is 9.65. The number of nitrogens with two attached hydrogens (primary N) is 1. The number of aromatic nitrogens is 3. The molecule has 180 valence electrons. The molecule has 0 atom stereocenters. The number of halogens is 3. The van der Waals surface area contributed by atoms with Gasteiger partial charge in [0.05, 0.1) is 11.1 Å². The monoisotopic (exact) mass is 485 g/mol. The third-order valence-corrected chi connectivity index (χ3v) is 5.95. The maximum Gasteiger partial charge on any atom is 0.417 e. The van der Waals surface area contributed by atoms with E-state index in [0.29, 0.717) is 23.3 Å². The van der Waals surface area contributed by atoms with Gasteiger partial charge >= 0.3 is 6.18 Å². The Bertz CT molecular complexity index is 1450. The van der Waals surface area contributed by atoms with Gasteiger partial charge < -0.3 is 11.1 Å². The third kappa shape index (κ3) is 4.84. The summed E-state index contributed by atoms with van der Waals surface area (Å²) in [6.07, 6.45) is -3.57. The average molecular weight is 486 g/mol. The smallest absolute Gasteiger partial charge is 0.384 e. The van der Waals surface area contributed by atoms with Crippen molar-refractivity contribution in [3.63, 3.8) is 0 Å². The van der Waals surface area contributed by atoms with Crippen LogP contribution in [0.25, 0.3) is 22.3 Å². The van der Waals surface area contributed by atoms with Crippen LogP contribution < -0.4 is 11.1 Å². The fourth-order valence-electron chi connectivity index (χ4n) is 4.21. The lowest BCUT2D eigenvalue weighted by Crippen LogP contribution is -2.16. The number of alkyl halides is 3. The number of nitrogens with zero attached hydrogens (tertiary/aromatic N) is 3. The van der Waals surface area contributed by atoms with Crippen molar-refractivity contribution in [3.05, 3.63) is 114 Å². The van der Waals surface area contributed by atoms with Gasteiger partial charge in [-0.2, -0.15) is 13.2 Å². The van der Waals surface area contributed by atoms with Gasteiger partial charge in [0.25, 0.3) is 0 Å². The van der Waals surface area contributed by atoms with Crippen molar-refractivity contribution >= 4 is 22.5 Å². The molecule has 3 aromatic carbocycles. The number of anilines is 2. The zero-order valence-corrected chi connectivity index (χ0v) is 19.1. The lowest BCUT2D eigenvalue weighted by atomic mass is 9.91. The minimum atomic E-state index is -4.64. The van der Waals surface area contributed by atoms with E-state index >= 15 is 0 Å². The minimum absolute atomic E-state index is 0.00601. The van der Waals surface area contributed by atoms with E-state index in [9.17, 15) is 13.2 Å². The molecule has 0 aliphatic carbocycles. The number of hydrogen-bond donors (Lipinski definition) is 2. The summed E-state index contributed by atoms with van der Waals surface area (Å²) in [6, 6.07) is 28.1. The molecule has 5 aromatic rings. The molecule has 5 nitrogen and oxygen atoms in total. The topological polar surface area (TPSA) is 76.7 Å². The van der Waals surface area contributed by atoms with Gasteiger partial charge in [0, 0.05) is 29.6 Å². The van der Waals surface area contributed by atoms with Crippen molar-refractivity contribution in [1.29, 1.82) is 0 Å². The fraction of sp³-hybridized carbons (Fsp3) is 0.107. The number of nitrogen functional groups attached to an aromatic ring is 1. The number of hydrogen-bond acceptors (Lipinski definition) is 5. The molecule has 2 aromatic heterocycles. The Morgan fingerprint density at radius 3 is 2.06 bits per heavy atom. The molecule has 5 rings (SSSR count). The van der Waals surface area contributed by atoms with Crippen LogP contribution in [0.15, 0.2) is 97.2 Å². The Morgan fingerprint density at radius 2 is 1.42 bits per heavy atom. The number of pyridine rings is 1. The highest BCUT2D eigenvalue weighted by Gasteiger charge is 2.35. The largest absolute Gasteiger partial charge is 0.417 e. The molecule has 0 aliphatic heterocycles. The van der Waals surface area contributed by atoms with Crippen molar-refractivity contribution in [2.24, 2.45) is 0 Å². The van der Waals surface area contributed by atoms with Crippen LogP contribution in [-0.2, 0) is 6.18 Å². The normalized spacial score (nSPS) is 11.7. The van der Waals surface area contributed by atoms with Gasteiger partial charge in [-0.1, -0.05) is 72.8 Å². The first-order valence-corrected chi connectivity index (χ1v) is 11.3. The molecule has 3 N–H and O–H groups in total. The van der Waals surface area contributed by atoms with Gasteiger partial charge in [-0.15, -0.1) is 0 Å². The predicted octanol–water partition coefficient (Wildman–Crippen LogP) is 6.54. The molecule has 36 heavy (non-hydrogen) atoms. The summed E-state index contributed by atoms with van der Waals surface area (Å²) in [5.74, 6) is 0.136. The van der Waals surface area contributed by atoms with Gasteiger partial charge in [-0.25, -0.2) is 15.0 Å². The molecule has 0 saturated heterocycles. The van der Waals surface area contributed by atoms with Gasteiger partial charge in [-0.05, 0) is 29.3 Å². The van der Waals surface area contributed by atoms with Crippen molar-refractivity contribution in [3.8, 4) is 11.4 Å². The lowest BCUT2D eigenvalue weighted by Gasteiger charge is -2.20. The molecule has 0 fully saturated rings. The molecule has 2 heterocycles. The number of fused-ring (bicyclic) bond motifs is 1. The van der Waals surface area contributed by atoms with E-state index < -0.39 is 11.7 Å². The third-order valence-electron chi connectivity index (χ3n) is 5.95. The minimum Gasteiger partial charge on any atom is -0.384 e. The van der Waals surface area contributed by atoms with E-state index in [4.69, 9.17) is 5.73 Å². The molecule has 0 unspecified atom stereocenters. The van der Waals surface area contributed by atoms with Crippen LogP contribution in [-0.4, -0.2) is 21.5 Å². The Hall–Kier alpha value is -4.46. The van der Waals surface area contributed by atoms with Gasteiger partial charge in [-0.3, -0.25) is 0 Å². The molecular weight excluding hydrogens is 463 g/mol. The van der Waals surface area contributed by atoms with Crippen LogP contribution >= 0.6 is 0 Å². The summed E-state index contributed by atoms with van der Waals surface area (Å²) >= 11 is 0. The molecule has 0 bridgehead atoms. The van der Waals surface area contributed by atoms with Gasteiger partial charge in [0.1, 0.15) is 11.6 Å². The van der Waals surface area contributed by atoms with E-state index in [1.807, 2.05) is 48.5 Å². The highest BCUT2D eigenvalue weighted by molar-refractivity contribution is 5.90. The Balaban J connectivity index is 1.58. The Morgan fingerprint density at radius 1 is 0.806 bits per heavy atom. The highest BCUT2D eigenvalue weighted by Crippen LogP contribution is 2.37. The first-order chi connectivity index (χ1) is 17.4.